The number of aliphatic hydroxyl groups is 1. The van der Waals surface area contributed by atoms with Gasteiger partial charge in [0.1, 0.15) is 0 Å². The molecule has 0 saturated heterocycles. The normalized spacial score (nSPS) is 14.7. The van der Waals surface area contributed by atoms with E-state index in [4.69, 9.17) is 5.73 Å². The highest BCUT2D eigenvalue weighted by atomic mass is 16.3. The second-order valence-corrected chi connectivity index (χ2v) is 3.34. The monoisotopic (exact) mass is 193 g/mol. The van der Waals surface area contributed by atoms with Crippen molar-refractivity contribution in [3.05, 3.63) is 35.9 Å². The SMILES string of the molecule is CCC[C@@](O)(C(N)=O)c1ccccc1. The van der Waals surface area contributed by atoms with Crippen molar-refractivity contribution < 1.29 is 9.90 Å². The third kappa shape index (κ3) is 1.93. The van der Waals surface area contributed by atoms with Crippen molar-refractivity contribution in [3.8, 4) is 0 Å². The summed E-state index contributed by atoms with van der Waals surface area (Å²) in [6, 6.07) is 8.80. The van der Waals surface area contributed by atoms with Crippen molar-refractivity contribution in [1.82, 2.24) is 0 Å². The van der Waals surface area contributed by atoms with E-state index < -0.39 is 11.5 Å². The molecule has 0 aliphatic carbocycles. The van der Waals surface area contributed by atoms with Crippen LogP contribution in [-0.2, 0) is 10.4 Å². The van der Waals surface area contributed by atoms with Crippen LogP contribution < -0.4 is 5.73 Å². The van der Waals surface area contributed by atoms with Gasteiger partial charge in [-0.05, 0) is 12.0 Å². The van der Waals surface area contributed by atoms with Crippen LogP contribution in [0.2, 0.25) is 0 Å². The molecule has 1 rings (SSSR count). The van der Waals surface area contributed by atoms with Crippen LogP contribution in [0.15, 0.2) is 30.3 Å². The molecule has 76 valence electrons. The molecule has 0 radical (unpaired) electrons. The zero-order chi connectivity index (χ0) is 10.6. The summed E-state index contributed by atoms with van der Waals surface area (Å²) >= 11 is 0. The minimum Gasteiger partial charge on any atom is -0.375 e. The number of rotatable bonds is 4. The van der Waals surface area contributed by atoms with Crippen LogP contribution in [-0.4, -0.2) is 11.0 Å². The predicted octanol–water partition coefficient (Wildman–Crippen LogP) is 1.16. The van der Waals surface area contributed by atoms with Crippen molar-refractivity contribution in [1.29, 1.82) is 0 Å². The summed E-state index contributed by atoms with van der Waals surface area (Å²) in [7, 11) is 0. The highest BCUT2D eigenvalue weighted by Gasteiger charge is 2.34. The summed E-state index contributed by atoms with van der Waals surface area (Å²) in [6.07, 6.45) is 1.06. The first-order valence-corrected chi connectivity index (χ1v) is 4.69. The van der Waals surface area contributed by atoms with Gasteiger partial charge in [0.25, 0.3) is 5.91 Å². The number of carbonyl (C=O) groups excluding carboxylic acids is 1. The Labute approximate surface area is 83.6 Å². The molecule has 0 fully saturated rings. The predicted molar refractivity (Wildman–Crippen MR) is 54.4 cm³/mol. The number of hydrogen-bond donors (Lipinski definition) is 2. The zero-order valence-electron chi connectivity index (χ0n) is 8.23. The van der Waals surface area contributed by atoms with Crippen molar-refractivity contribution in [3.63, 3.8) is 0 Å². The highest BCUT2D eigenvalue weighted by Crippen LogP contribution is 2.25. The van der Waals surface area contributed by atoms with E-state index in [0.717, 1.165) is 0 Å². The third-order valence-electron chi connectivity index (χ3n) is 2.27. The van der Waals surface area contributed by atoms with Crippen LogP contribution in [0.3, 0.4) is 0 Å². The standard InChI is InChI=1S/C11H15NO2/c1-2-8-11(14,10(12)13)9-6-4-3-5-7-9/h3-7,14H,2,8H2,1H3,(H2,12,13)/t11-/m0/s1. The number of amides is 1. The maximum atomic E-state index is 11.2. The number of benzene rings is 1. The summed E-state index contributed by atoms with van der Waals surface area (Å²) < 4.78 is 0. The van der Waals surface area contributed by atoms with Gasteiger partial charge in [-0.25, -0.2) is 0 Å². The maximum Gasteiger partial charge on any atom is 0.254 e. The number of hydrogen-bond acceptors (Lipinski definition) is 2. The first kappa shape index (κ1) is 10.7. The molecule has 0 aliphatic heterocycles. The average Bonchev–Trinajstić information content (AvgIpc) is 2.19. The smallest absolute Gasteiger partial charge is 0.254 e. The van der Waals surface area contributed by atoms with Crippen LogP contribution >= 0.6 is 0 Å². The van der Waals surface area contributed by atoms with Crippen molar-refractivity contribution in [2.75, 3.05) is 0 Å². The molecule has 3 heteroatoms. The lowest BCUT2D eigenvalue weighted by molar-refractivity contribution is -0.138. The van der Waals surface area contributed by atoms with Gasteiger partial charge < -0.3 is 10.8 Å². The van der Waals surface area contributed by atoms with Gasteiger partial charge in [0, 0.05) is 0 Å². The molecule has 0 spiro atoms. The van der Waals surface area contributed by atoms with Crippen LogP contribution in [0, 0.1) is 0 Å². The Bertz CT molecular complexity index is 310. The summed E-state index contributed by atoms with van der Waals surface area (Å²) in [5.41, 5.74) is 4.25. The van der Waals surface area contributed by atoms with Crippen LogP contribution in [0.25, 0.3) is 0 Å². The lowest BCUT2D eigenvalue weighted by Gasteiger charge is -2.24. The molecular formula is C11H15NO2. The van der Waals surface area contributed by atoms with E-state index in [1.165, 1.54) is 0 Å². The van der Waals surface area contributed by atoms with Crippen molar-refractivity contribution in [2.45, 2.75) is 25.4 Å². The minimum atomic E-state index is -1.52. The molecule has 0 heterocycles. The van der Waals surface area contributed by atoms with Gasteiger partial charge in [-0.3, -0.25) is 4.79 Å². The van der Waals surface area contributed by atoms with Gasteiger partial charge in [-0.15, -0.1) is 0 Å². The Morgan fingerprint density at radius 2 is 2.00 bits per heavy atom. The Balaban J connectivity index is 3.06. The minimum absolute atomic E-state index is 0.354. The Hall–Kier alpha value is -1.35. The number of nitrogens with two attached hydrogens (primary N) is 1. The molecule has 14 heavy (non-hydrogen) atoms. The van der Waals surface area contributed by atoms with E-state index in [0.29, 0.717) is 18.4 Å². The third-order valence-corrected chi connectivity index (χ3v) is 2.27. The van der Waals surface area contributed by atoms with Crippen molar-refractivity contribution >= 4 is 5.91 Å². The van der Waals surface area contributed by atoms with E-state index in [1.54, 1.807) is 24.3 Å². The van der Waals surface area contributed by atoms with E-state index in [1.807, 2.05) is 13.0 Å². The largest absolute Gasteiger partial charge is 0.375 e. The van der Waals surface area contributed by atoms with E-state index in [9.17, 15) is 9.90 Å². The fraction of sp³-hybridized carbons (Fsp3) is 0.364. The molecule has 1 amide bonds. The van der Waals surface area contributed by atoms with E-state index in [-0.39, 0.29) is 0 Å². The van der Waals surface area contributed by atoms with Crippen LogP contribution in [0.4, 0.5) is 0 Å². The summed E-state index contributed by atoms with van der Waals surface area (Å²) in [5.74, 6) is -0.689. The molecule has 0 aliphatic rings. The summed E-state index contributed by atoms with van der Waals surface area (Å²) in [6.45, 7) is 1.90. The number of primary amides is 1. The van der Waals surface area contributed by atoms with Gasteiger partial charge in [0.05, 0.1) is 0 Å². The second-order valence-electron chi connectivity index (χ2n) is 3.34. The molecule has 3 nitrogen and oxygen atoms in total. The molecule has 1 atom stereocenters. The summed E-state index contributed by atoms with van der Waals surface area (Å²) in [5, 5.41) is 10.1. The zero-order valence-corrected chi connectivity index (χ0v) is 8.23. The molecule has 3 N–H and O–H groups in total. The van der Waals surface area contributed by atoms with Crippen molar-refractivity contribution in [2.24, 2.45) is 5.73 Å². The van der Waals surface area contributed by atoms with Gasteiger partial charge in [-0.2, -0.15) is 0 Å². The number of carbonyl (C=O) groups is 1. The van der Waals surface area contributed by atoms with Gasteiger partial charge in [-0.1, -0.05) is 43.7 Å². The first-order valence-electron chi connectivity index (χ1n) is 4.69. The molecule has 0 unspecified atom stereocenters. The van der Waals surface area contributed by atoms with E-state index >= 15 is 0 Å². The lowest BCUT2D eigenvalue weighted by atomic mass is 9.89. The quantitative estimate of drug-likeness (QED) is 0.753. The summed E-state index contributed by atoms with van der Waals surface area (Å²) in [4.78, 5) is 11.2. The van der Waals surface area contributed by atoms with Crippen LogP contribution in [0.5, 0.6) is 0 Å². The molecule has 0 aromatic heterocycles. The maximum absolute atomic E-state index is 11.2. The molecule has 0 saturated carbocycles. The fourth-order valence-corrected chi connectivity index (χ4v) is 1.49. The average molecular weight is 193 g/mol. The topological polar surface area (TPSA) is 63.3 Å². The Kier molecular flexibility index (Phi) is 3.25. The van der Waals surface area contributed by atoms with Crippen LogP contribution in [0.1, 0.15) is 25.3 Å². The highest BCUT2D eigenvalue weighted by molar-refractivity contribution is 5.84. The molecular weight excluding hydrogens is 178 g/mol. The molecule has 1 aromatic rings. The second kappa shape index (κ2) is 4.24. The first-order chi connectivity index (χ1) is 6.61. The van der Waals surface area contributed by atoms with Gasteiger partial charge in [0.15, 0.2) is 5.60 Å². The fourth-order valence-electron chi connectivity index (χ4n) is 1.49. The Morgan fingerprint density at radius 1 is 1.43 bits per heavy atom. The molecule has 0 bridgehead atoms. The van der Waals surface area contributed by atoms with E-state index in [2.05, 4.69) is 0 Å². The Morgan fingerprint density at radius 3 is 2.43 bits per heavy atom. The molecule has 1 aromatic carbocycles. The lowest BCUT2D eigenvalue weighted by Crippen LogP contribution is -2.40. The van der Waals surface area contributed by atoms with Gasteiger partial charge >= 0.3 is 0 Å². The van der Waals surface area contributed by atoms with Gasteiger partial charge in [0.2, 0.25) is 0 Å².